The van der Waals surface area contributed by atoms with Crippen molar-refractivity contribution in [3.63, 3.8) is 0 Å². The second-order valence-electron chi connectivity index (χ2n) is 6.77. The number of benzene rings is 3. The van der Waals surface area contributed by atoms with Gasteiger partial charge < -0.3 is 14.8 Å². The van der Waals surface area contributed by atoms with Crippen molar-refractivity contribution in [2.45, 2.75) is 26.2 Å². The lowest BCUT2D eigenvalue weighted by molar-refractivity contribution is -0.118. The third kappa shape index (κ3) is 6.68. The zero-order valence-electron chi connectivity index (χ0n) is 16.8. The van der Waals surface area contributed by atoms with Gasteiger partial charge in [0.05, 0.1) is 12.3 Å². The first kappa shape index (κ1) is 20.5. The van der Waals surface area contributed by atoms with Crippen molar-refractivity contribution in [2.24, 2.45) is 0 Å². The average molecular weight is 389 g/mol. The van der Waals surface area contributed by atoms with E-state index in [9.17, 15) is 4.79 Å². The van der Waals surface area contributed by atoms with Crippen molar-refractivity contribution in [3.8, 4) is 11.5 Å². The van der Waals surface area contributed by atoms with Crippen molar-refractivity contribution < 1.29 is 14.3 Å². The summed E-state index contributed by atoms with van der Waals surface area (Å²) in [5.41, 5.74) is 3.18. The topological polar surface area (TPSA) is 47.6 Å². The van der Waals surface area contributed by atoms with Gasteiger partial charge in [-0.2, -0.15) is 0 Å². The molecule has 0 atom stereocenters. The quantitative estimate of drug-likeness (QED) is 0.480. The summed E-state index contributed by atoms with van der Waals surface area (Å²) in [7, 11) is 0. The van der Waals surface area contributed by atoms with E-state index in [2.05, 4.69) is 24.4 Å². The summed E-state index contributed by atoms with van der Waals surface area (Å²) >= 11 is 0. The largest absolute Gasteiger partial charge is 0.491 e. The molecule has 0 aliphatic carbocycles. The van der Waals surface area contributed by atoms with Crippen molar-refractivity contribution in [1.82, 2.24) is 0 Å². The number of ether oxygens (including phenoxy) is 2. The van der Waals surface area contributed by atoms with E-state index in [1.807, 2.05) is 66.7 Å². The number of carbonyl (C=O) groups is 1. The first-order valence-corrected chi connectivity index (χ1v) is 10.0. The Balaban J connectivity index is 1.46. The molecule has 0 saturated heterocycles. The summed E-state index contributed by atoms with van der Waals surface area (Å²) in [6, 6.07) is 25.6. The van der Waals surface area contributed by atoms with E-state index in [0.29, 0.717) is 23.8 Å². The normalized spacial score (nSPS) is 10.4. The highest BCUT2D eigenvalue weighted by Gasteiger charge is 2.08. The van der Waals surface area contributed by atoms with Gasteiger partial charge in [0.25, 0.3) is 5.91 Å². The summed E-state index contributed by atoms with van der Waals surface area (Å²) in [6.07, 6.45) is 2.84. The van der Waals surface area contributed by atoms with Crippen molar-refractivity contribution in [2.75, 3.05) is 18.5 Å². The molecular formula is C25H27NO3. The van der Waals surface area contributed by atoms with Gasteiger partial charge in [0.2, 0.25) is 0 Å². The molecule has 1 N–H and O–H groups in total. The van der Waals surface area contributed by atoms with Gasteiger partial charge in [-0.05, 0) is 54.7 Å². The first-order valence-electron chi connectivity index (χ1n) is 10.0. The van der Waals surface area contributed by atoms with E-state index in [4.69, 9.17) is 9.47 Å². The van der Waals surface area contributed by atoms with Crippen LogP contribution in [0, 0.1) is 0 Å². The molecule has 0 saturated carbocycles. The standard InChI is InChI=1S/C25H27NO3/c1-2-20-14-16-22(17-15-20)29-19-25(27)26-23-12-6-7-13-24(23)28-18-8-11-21-9-4-3-5-10-21/h3-7,9-10,12-17H,2,8,11,18-19H2,1H3,(H,26,27). The van der Waals surface area contributed by atoms with E-state index in [1.54, 1.807) is 0 Å². The minimum atomic E-state index is -0.218. The van der Waals surface area contributed by atoms with Crippen LogP contribution in [0.15, 0.2) is 78.9 Å². The molecule has 0 heterocycles. The number of aryl methyl sites for hydroxylation is 2. The molecule has 0 radical (unpaired) electrons. The number of nitrogens with one attached hydrogen (secondary N) is 1. The van der Waals surface area contributed by atoms with Gasteiger partial charge in [0.15, 0.2) is 6.61 Å². The molecule has 0 bridgehead atoms. The van der Waals surface area contributed by atoms with Gasteiger partial charge in [-0.3, -0.25) is 4.79 Å². The number of anilines is 1. The lowest BCUT2D eigenvalue weighted by Crippen LogP contribution is -2.20. The van der Waals surface area contributed by atoms with Gasteiger partial charge in [-0.15, -0.1) is 0 Å². The predicted molar refractivity (Wildman–Crippen MR) is 117 cm³/mol. The Kier molecular flexibility index (Phi) is 7.70. The second kappa shape index (κ2) is 10.9. The van der Waals surface area contributed by atoms with Crippen LogP contribution in [0.4, 0.5) is 5.69 Å². The molecule has 1 amide bonds. The number of amides is 1. The Labute approximate surface area is 172 Å². The van der Waals surface area contributed by atoms with Crippen LogP contribution < -0.4 is 14.8 Å². The zero-order chi connectivity index (χ0) is 20.3. The Morgan fingerprint density at radius 2 is 1.55 bits per heavy atom. The number of hydrogen-bond donors (Lipinski definition) is 1. The molecule has 3 aromatic rings. The zero-order valence-corrected chi connectivity index (χ0v) is 16.8. The molecule has 29 heavy (non-hydrogen) atoms. The van der Waals surface area contributed by atoms with Crippen LogP contribution in [-0.2, 0) is 17.6 Å². The van der Waals surface area contributed by atoms with Gasteiger partial charge >= 0.3 is 0 Å². The molecule has 150 valence electrons. The summed E-state index contributed by atoms with van der Waals surface area (Å²) in [4.78, 5) is 12.3. The minimum absolute atomic E-state index is 0.0478. The van der Waals surface area contributed by atoms with Gasteiger partial charge in [-0.25, -0.2) is 0 Å². The Morgan fingerprint density at radius 1 is 0.828 bits per heavy atom. The van der Waals surface area contributed by atoms with E-state index >= 15 is 0 Å². The van der Waals surface area contributed by atoms with Crippen molar-refractivity contribution in [3.05, 3.63) is 90.0 Å². The number of para-hydroxylation sites is 2. The lowest BCUT2D eigenvalue weighted by atomic mass is 10.1. The van der Waals surface area contributed by atoms with Crippen LogP contribution in [0.5, 0.6) is 11.5 Å². The molecular weight excluding hydrogens is 362 g/mol. The highest BCUT2D eigenvalue weighted by Crippen LogP contribution is 2.24. The molecule has 0 spiro atoms. The maximum atomic E-state index is 12.3. The fraction of sp³-hybridized carbons (Fsp3) is 0.240. The van der Waals surface area contributed by atoms with Crippen LogP contribution in [0.25, 0.3) is 0 Å². The van der Waals surface area contributed by atoms with Crippen LogP contribution in [0.1, 0.15) is 24.5 Å². The minimum Gasteiger partial charge on any atom is -0.491 e. The molecule has 0 aromatic heterocycles. The molecule has 4 nitrogen and oxygen atoms in total. The SMILES string of the molecule is CCc1ccc(OCC(=O)Nc2ccccc2OCCCc2ccccc2)cc1. The van der Waals surface area contributed by atoms with Crippen LogP contribution in [0.3, 0.4) is 0 Å². The third-order valence-electron chi connectivity index (χ3n) is 4.57. The summed E-state index contributed by atoms with van der Waals surface area (Å²) in [5.74, 6) is 1.13. The molecule has 3 rings (SSSR count). The highest BCUT2D eigenvalue weighted by atomic mass is 16.5. The molecule has 4 heteroatoms. The van der Waals surface area contributed by atoms with E-state index in [0.717, 1.165) is 19.3 Å². The van der Waals surface area contributed by atoms with E-state index in [-0.39, 0.29) is 12.5 Å². The van der Waals surface area contributed by atoms with Crippen molar-refractivity contribution >= 4 is 11.6 Å². The smallest absolute Gasteiger partial charge is 0.262 e. The first-order chi connectivity index (χ1) is 14.2. The van der Waals surface area contributed by atoms with Gasteiger partial charge in [0.1, 0.15) is 11.5 Å². The molecule has 0 aliphatic rings. The Morgan fingerprint density at radius 3 is 2.31 bits per heavy atom. The highest BCUT2D eigenvalue weighted by molar-refractivity contribution is 5.93. The fourth-order valence-corrected chi connectivity index (χ4v) is 2.96. The molecule has 0 unspecified atom stereocenters. The Hall–Kier alpha value is -3.27. The fourth-order valence-electron chi connectivity index (χ4n) is 2.96. The summed E-state index contributed by atoms with van der Waals surface area (Å²) in [5, 5.41) is 2.87. The van der Waals surface area contributed by atoms with E-state index in [1.165, 1.54) is 11.1 Å². The van der Waals surface area contributed by atoms with E-state index < -0.39 is 0 Å². The maximum Gasteiger partial charge on any atom is 0.262 e. The Bertz CT molecular complexity index is 891. The predicted octanol–water partition coefficient (Wildman–Crippen LogP) is 5.28. The maximum absolute atomic E-state index is 12.3. The molecule has 0 fully saturated rings. The van der Waals surface area contributed by atoms with Gasteiger partial charge in [-0.1, -0.05) is 61.5 Å². The van der Waals surface area contributed by atoms with Crippen LogP contribution in [0.2, 0.25) is 0 Å². The van der Waals surface area contributed by atoms with Gasteiger partial charge in [0, 0.05) is 0 Å². The number of hydrogen-bond acceptors (Lipinski definition) is 3. The summed E-state index contributed by atoms with van der Waals surface area (Å²) in [6.45, 7) is 2.64. The summed E-state index contributed by atoms with van der Waals surface area (Å²) < 4.78 is 11.5. The number of carbonyl (C=O) groups excluding carboxylic acids is 1. The average Bonchev–Trinajstić information content (AvgIpc) is 2.77. The molecule has 0 aliphatic heterocycles. The van der Waals surface area contributed by atoms with Crippen LogP contribution in [-0.4, -0.2) is 19.1 Å². The third-order valence-corrected chi connectivity index (χ3v) is 4.57. The number of rotatable bonds is 10. The van der Waals surface area contributed by atoms with Crippen molar-refractivity contribution in [1.29, 1.82) is 0 Å². The second-order valence-corrected chi connectivity index (χ2v) is 6.77. The monoisotopic (exact) mass is 389 g/mol. The van der Waals surface area contributed by atoms with Crippen LogP contribution >= 0.6 is 0 Å². The molecule has 3 aromatic carbocycles. The lowest BCUT2D eigenvalue weighted by Gasteiger charge is -2.13.